The Kier molecular flexibility index (Phi) is 6.58. The SMILES string of the molecule is COc1cccc(C2CC(=O)c3cc(NC(=O)c4cc(OC)c(OC)c(OC)c4)ccc3O2)c1. The van der Waals surface area contributed by atoms with Gasteiger partial charge in [0, 0.05) is 11.3 Å². The lowest BCUT2D eigenvalue weighted by molar-refractivity contribution is 0.0849. The maximum atomic E-state index is 12.9. The third-order valence-electron chi connectivity index (χ3n) is 5.57. The highest BCUT2D eigenvalue weighted by molar-refractivity contribution is 6.06. The Morgan fingerprint density at radius 1 is 0.912 bits per heavy atom. The van der Waals surface area contributed by atoms with Gasteiger partial charge in [-0.05, 0) is 48.0 Å². The van der Waals surface area contributed by atoms with Crippen LogP contribution in [0.3, 0.4) is 0 Å². The number of fused-ring (bicyclic) bond motifs is 1. The Hall–Kier alpha value is -4.20. The highest BCUT2D eigenvalue weighted by Gasteiger charge is 2.28. The summed E-state index contributed by atoms with van der Waals surface area (Å²) in [5.41, 5.74) is 2.06. The van der Waals surface area contributed by atoms with Gasteiger partial charge >= 0.3 is 0 Å². The van der Waals surface area contributed by atoms with Crippen molar-refractivity contribution in [1.29, 1.82) is 0 Å². The Labute approximate surface area is 197 Å². The van der Waals surface area contributed by atoms with E-state index in [9.17, 15) is 9.59 Å². The topological polar surface area (TPSA) is 92.3 Å². The Balaban J connectivity index is 1.55. The van der Waals surface area contributed by atoms with Gasteiger partial charge in [-0.25, -0.2) is 0 Å². The Bertz CT molecular complexity index is 1210. The van der Waals surface area contributed by atoms with Crippen LogP contribution in [0.15, 0.2) is 54.6 Å². The summed E-state index contributed by atoms with van der Waals surface area (Å²) in [5.74, 6) is 1.83. The minimum absolute atomic E-state index is 0.0713. The van der Waals surface area contributed by atoms with Gasteiger partial charge in [0.25, 0.3) is 5.91 Å². The zero-order chi connectivity index (χ0) is 24.2. The van der Waals surface area contributed by atoms with E-state index in [1.165, 1.54) is 21.3 Å². The molecule has 3 aromatic carbocycles. The van der Waals surface area contributed by atoms with Crippen molar-refractivity contribution in [3.8, 4) is 28.7 Å². The molecule has 4 rings (SSSR count). The number of nitrogens with one attached hydrogen (secondary N) is 1. The van der Waals surface area contributed by atoms with E-state index in [2.05, 4.69) is 5.32 Å². The fraction of sp³-hybridized carbons (Fsp3) is 0.231. The van der Waals surface area contributed by atoms with E-state index >= 15 is 0 Å². The number of hydrogen-bond donors (Lipinski definition) is 1. The van der Waals surface area contributed by atoms with Crippen molar-refractivity contribution in [2.75, 3.05) is 33.8 Å². The second-order valence-electron chi connectivity index (χ2n) is 7.59. The number of amides is 1. The summed E-state index contributed by atoms with van der Waals surface area (Å²) < 4.78 is 27.3. The minimum Gasteiger partial charge on any atom is -0.497 e. The van der Waals surface area contributed by atoms with Gasteiger partial charge in [-0.15, -0.1) is 0 Å². The third-order valence-corrected chi connectivity index (χ3v) is 5.57. The van der Waals surface area contributed by atoms with Gasteiger partial charge < -0.3 is 29.0 Å². The summed E-state index contributed by atoms with van der Waals surface area (Å²) in [5, 5.41) is 2.81. The normalized spacial score (nSPS) is 14.5. The summed E-state index contributed by atoms with van der Waals surface area (Å²) in [6, 6.07) is 15.6. The molecule has 1 atom stereocenters. The van der Waals surface area contributed by atoms with Gasteiger partial charge in [0.2, 0.25) is 5.75 Å². The van der Waals surface area contributed by atoms with Crippen LogP contribution < -0.4 is 29.0 Å². The molecule has 176 valence electrons. The van der Waals surface area contributed by atoms with Crippen molar-refractivity contribution in [2.45, 2.75) is 12.5 Å². The molecule has 1 unspecified atom stereocenters. The monoisotopic (exact) mass is 463 g/mol. The Morgan fingerprint density at radius 2 is 1.65 bits per heavy atom. The van der Waals surface area contributed by atoms with Crippen molar-refractivity contribution in [3.05, 3.63) is 71.3 Å². The molecule has 0 aromatic heterocycles. The first-order valence-corrected chi connectivity index (χ1v) is 10.6. The maximum Gasteiger partial charge on any atom is 0.255 e. The molecule has 0 saturated heterocycles. The van der Waals surface area contributed by atoms with Crippen molar-refractivity contribution < 1.29 is 33.3 Å². The van der Waals surface area contributed by atoms with Crippen LogP contribution in [-0.2, 0) is 0 Å². The molecule has 0 spiro atoms. The van der Waals surface area contributed by atoms with Crippen LogP contribution in [0.25, 0.3) is 0 Å². The molecule has 1 heterocycles. The first-order valence-electron chi connectivity index (χ1n) is 10.6. The molecule has 0 fully saturated rings. The molecule has 0 bridgehead atoms. The van der Waals surface area contributed by atoms with E-state index < -0.39 is 12.0 Å². The van der Waals surface area contributed by atoms with Crippen LogP contribution in [0.2, 0.25) is 0 Å². The van der Waals surface area contributed by atoms with Gasteiger partial charge in [0.15, 0.2) is 17.3 Å². The summed E-state index contributed by atoms with van der Waals surface area (Å²) in [6.45, 7) is 0. The highest BCUT2D eigenvalue weighted by Crippen LogP contribution is 2.39. The molecular weight excluding hydrogens is 438 g/mol. The number of Topliss-reactive ketones (excluding diaryl/α,β-unsaturated/α-hetero) is 1. The number of benzene rings is 3. The lowest BCUT2D eigenvalue weighted by atomic mass is 9.96. The molecular formula is C26H25NO7. The second-order valence-corrected chi connectivity index (χ2v) is 7.59. The molecule has 8 nitrogen and oxygen atoms in total. The molecule has 34 heavy (non-hydrogen) atoms. The molecule has 0 saturated carbocycles. The molecule has 1 N–H and O–H groups in total. The standard InChI is InChI=1S/C26H25NO7/c1-30-18-7-5-6-15(10-18)22-14-20(28)19-13-17(8-9-21(19)34-22)27-26(29)16-11-23(31-2)25(33-4)24(12-16)32-3/h5-13,22H,14H2,1-4H3,(H,27,29). The van der Waals surface area contributed by atoms with Crippen LogP contribution >= 0.6 is 0 Å². The maximum absolute atomic E-state index is 12.9. The third kappa shape index (κ3) is 4.47. The van der Waals surface area contributed by atoms with E-state index in [1.807, 2.05) is 24.3 Å². The summed E-state index contributed by atoms with van der Waals surface area (Å²) in [6.07, 6.45) is -0.223. The lowest BCUT2D eigenvalue weighted by Crippen LogP contribution is -2.21. The molecule has 1 aliphatic rings. The zero-order valence-corrected chi connectivity index (χ0v) is 19.3. The van der Waals surface area contributed by atoms with Gasteiger partial charge in [-0.1, -0.05) is 12.1 Å². The summed E-state index contributed by atoms with van der Waals surface area (Å²) in [4.78, 5) is 25.8. The van der Waals surface area contributed by atoms with Crippen LogP contribution in [0.5, 0.6) is 28.7 Å². The van der Waals surface area contributed by atoms with E-state index in [0.29, 0.717) is 45.6 Å². The average molecular weight is 463 g/mol. The van der Waals surface area contributed by atoms with E-state index in [-0.39, 0.29) is 12.2 Å². The van der Waals surface area contributed by atoms with Crippen molar-refractivity contribution in [3.63, 3.8) is 0 Å². The number of carbonyl (C=O) groups excluding carboxylic acids is 2. The van der Waals surface area contributed by atoms with E-state index in [4.69, 9.17) is 23.7 Å². The molecule has 3 aromatic rings. The van der Waals surface area contributed by atoms with Gasteiger partial charge in [0.05, 0.1) is 40.4 Å². The molecule has 0 aliphatic carbocycles. The summed E-state index contributed by atoms with van der Waals surface area (Å²) >= 11 is 0. The molecule has 8 heteroatoms. The number of ketones is 1. The number of methoxy groups -OCH3 is 4. The first kappa shape index (κ1) is 23.0. The van der Waals surface area contributed by atoms with Crippen LogP contribution in [0.4, 0.5) is 5.69 Å². The van der Waals surface area contributed by atoms with Gasteiger partial charge in [-0.2, -0.15) is 0 Å². The fourth-order valence-corrected chi connectivity index (χ4v) is 3.84. The average Bonchev–Trinajstić information content (AvgIpc) is 2.87. The van der Waals surface area contributed by atoms with Gasteiger partial charge in [0.1, 0.15) is 17.6 Å². The van der Waals surface area contributed by atoms with E-state index in [1.54, 1.807) is 37.4 Å². The quantitative estimate of drug-likeness (QED) is 0.544. The van der Waals surface area contributed by atoms with Crippen LogP contribution in [0.1, 0.15) is 38.8 Å². The highest BCUT2D eigenvalue weighted by atomic mass is 16.5. The largest absolute Gasteiger partial charge is 0.497 e. The minimum atomic E-state index is -0.408. The van der Waals surface area contributed by atoms with Crippen molar-refractivity contribution in [2.24, 2.45) is 0 Å². The predicted octanol–water partition coefficient (Wildman–Crippen LogP) is 4.68. The first-order chi connectivity index (χ1) is 16.5. The predicted molar refractivity (Wildman–Crippen MR) is 126 cm³/mol. The number of carbonyl (C=O) groups is 2. The van der Waals surface area contributed by atoms with E-state index in [0.717, 1.165) is 5.56 Å². The molecule has 0 radical (unpaired) electrons. The number of rotatable bonds is 7. The van der Waals surface area contributed by atoms with Crippen LogP contribution in [-0.4, -0.2) is 40.1 Å². The van der Waals surface area contributed by atoms with Crippen LogP contribution in [0, 0.1) is 0 Å². The lowest BCUT2D eigenvalue weighted by Gasteiger charge is -2.26. The van der Waals surface area contributed by atoms with Gasteiger partial charge in [-0.3, -0.25) is 9.59 Å². The zero-order valence-electron chi connectivity index (χ0n) is 19.3. The number of ether oxygens (including phenoxy) is 5. The number of anilines is 1. The second kappa shape index (κ2) is 9.74. The molecule has 1 amide bonds. The smallest absolute Gasteiger partial charge is 0.255 e. The van der Waals surface area contributed by atoms with Crippen molar-refractivity contribution >= 4 is 17.4 Å². The van der Waals surface area contributed by atoms with Crippen molar-refractivity contribution in [1.82, 2.24) is 0 Å². The summed E-state index contributed by atoms with van der Waals surface area (Å²) in [7, 11) is 6.04. The Morgan fingerprint density at radius 3 is 2.29 bits per heavy atom. The number of hydrogen-bond acceptors (Lipinski definition) is 7. The molecule has 1 aliphatic heterocycles. The fourth-order valence-electron chi connectivity index (χ4n) is 3.84.